The van der Waals surface area contributed by atoms with Gasteiger partial charge in [0.25, 0.3) is 0 Å². The third-order valence-corrected chi connectivity index (χ3v) is 4.04. The van der Waals surface area contributed by atoms with E-state index in [1.54, 1.807) is 16.7 Å². The molecule has 2 aliphatic carbocycles. The van der Waals surface area contributed by atoms with Crippen molar-refractivity contribution in [1.82, 2.24) is 0 Å². The summed E-state index contributed by atoms with van der Waals surface area (Å²) in [6, 6.07) is 0. The normalized spacial score (nSPS) is 31.3. The molecule has 0 radical (unpaired) electrons. The van der Waals surface area contributed by atoms with Gasteiger partial charge in [0, 0.05) is 0 Å². The van der Waals surface area contributed by atoms with Crippen molar-refractivity contribution in [2.75, 3.05) is 0 Å². The highest BCUT2D eigenvalue weighted by atomic mass is 14.3. The van der Waals surface area contributed by atoms with E-state index < -0.39 is 0 Å². The maximum Gasteiger partial charge on any atom is -0.0133 e. The molecule has 0 aromatic rings. The second-order valence-corrected chi connectivity index (χ2v) is 6.16. The van der Waals surface area contributed by atoms with E-state index in [2.05, 4.69) is 26.8 Å². The number of hydrogen-bond donors (Lipinski definition) is 0. The fourth-order valence-electron chi connectivity index (χ4n) is 3.01. The van der Waals surface area contributed by atoms with Crippen LogP contribution in [0, 0.1) is 5.41 Å². The third-order valence-electron chi connectivity index (χ3n) is 4.04. The van der Waals surface area contributed by atoms with Crippen molar-refractivity contribution >= 4 is 0 Å². The summed E-state index contributed by atoms with van der Waals surface area (Å²) in [5, 5.41) is 0. The van der Waals surface area contributed by atoms with Gasteiger partial charge in [-0.25, -0.2) is 0 Å². The Kier molecular flexibility index (Phi) is 3.04. The Hall–Kier alpha value is -0.520. The Morgan fingerprint density at radius 2 is 1.87 bits per heavy atom. The molecule has 1 saturated carbocycles. The van der Waals surface area contributed by atoms with Crippen LogP contribution in [0.3, 0.4) is 0 Å². The van der Waals surface area contributed by atoms with Crippen LogP contribution in [-0.2, 0) is 0 Å². The first-order chi connectivity index (χ1) is 7.07. The zero-order chi connectivity index (χ0) is 10.9. The topological polar surface area (TPSA) is 0 Å². The van der Waals surface area contributed by atoms with Crippen LogP contribution in [0.5, 0.6) is 0 Å². The largest absolute Gasteiger partial charge is 0.0815 e. The smallest absolute Gasteiger partial charge is 0.0133 e. The van der Waals surface area contributed by atoms with Crippen molar-refractivity contribution < 1.29 is 0 Å². The van der Waals surface area contributed by atoms with Crippen LogP contribution in [0.25, 0.3) is 0 Å². The van der Waals surface area contributed by atoms with Crippen molar-refractivity contribution in [2.24, 2.45) is 5.41 Å². The molecule has 84 valence electrons. The molecule has 0 aromatic carbocycles. The van der Waals surface area contributed by atoms with Crippen LogP contribution in [0.1, 0.15) is 65.7 Å². The van der Waals surface area contributed by atoms with Gasteiger partial charge in [-0.1, -0.05) is 36.6 Å². The summed E-state index contributed by atoms with van der Waals surface area (Å²) in [5.41, 5.74) is 5.73. The number of hydrogen-bond acceptors (Lipinski definition) is 0. The van der Waals surface area contributed by atoms with E-state index in [9.17, 15) is 0 Å². The standard InChI is InChI=1S/C15H24/c1-12-6-8-13(9-7-12)14-5-4-10-15(2,3)11-14/h6H,4-5,7-11H2,1-3H3/b14-13-. The van der Waals surface area contributed by atoms with Crippen LogP contribution in [0.4, 0.5) is 0 Å². The van der Waals surface area contributed by atoms with Crippen molar-refractivity contribution in [1.29, 1.82) is 0 Å². The van der Waals surface area contributed by atoms with Crippen LogP contribution in [0.15, 0.2) is 22.8 Å². The first-order valence-corrected chi connectivity index (χ1v) is 6.42. The van der Waals surface area contributed by atoms with Gasteiger partial charge < -0.3 is 0 Å². The average molecular weight is 204 g/mol. The molecule has 0 unspecified atom stereocenters. The van der Waals surface area contributed by atoms with Gasteiger partial charge in [0.2, 0.25) is 0 Å². The first-order valence-electron chi connectivity index (χ1n) is 6.42. The Labute approximate surface area is 94.5 Å². The average Bonchev–Trinajstić information content (AvgIpc) is 2.17. The lowest BCUT2D eigenvalue weighted by atomic mass is 9.72. The fourth-order valence-corrected chi connectivity index (χ4v) is 3.01. The van der Waals surface area contributed by atoms with Gasteiger partial charge >= 0.3 is 0 Å². The summed E-state index contributed by atoms with van der Waals surface area (Å²) >= 11 is 0. The van der Waals surface area contributed by atoms with Gasteiger partial charge in [-0.3, -0.25) is 0 Å². The maximum absolute atomic E-state index is 2.44. The molecular weight excluding hydrogens is 180 g/mol. The van der Waals surface area contributed by atoms with E-state index in [4.69, 9.17) is 0 Å². The summed E-state index contributed by atoms with van der Waals surface area (Å²) < 4.78 is 0. The Morgan fingerprint density at radius 1 is 1.07 bits per heavy atom. The van der Waals surface area contributed by atoms with E-state index in [0.717, 1.165) is 0 Å². The molecule has 0 N–H and O–H groups in total. The molecule has 1 fully saturated rings. The molecule has 0 bridgehead atoms. The zero-order valence-electron chi connectivity index (χ0n) is 10.5. The second-order valence-electron chi connectivity index (χ2n) is 6.16. The van der Waals surface area contributed by atoms with Crippen LogP contribution in [0.2, 0.25) is 0 Å². The third kappa shape index (κ3) is 2.74. The summed E-state index contributed by atoms with van der Waals surface area (Å²) in [4.78, 5) is 0. The lowest BCUT2D eigenvalue weighted by Crippen LogP contribution is -2.18. The molecule has 0 atom stereocenters. The minimum absolute atomic E-state index is 0.566. The SMILES string of the molecule is CC1=CC/C(=C2\CCCC(C)(C)C2)CC1. The zero-order valence-corrected chi connectivity index (χ0v) is 10.5. The quantitative estimate of drug-likeness (QED) is 0.486. The number of allylic oxidation sites excluding steroid dienone is 4. The summed E-state index contributed by atoms with van der Waals surface area (Å²) in [5.74, 6) is 0. The molecule has 0 amide bonds. The molecule has 0 heterocycles. The highest BCUT2D eigenvalue weighted by molar-refractivity contribution is 5.25. The molecule has 2 aliphatic rings. The predicted octanol–water partition coefficient (Wildman–Crippen LogP) is 5.01. The van der Waals surface area contributed by atoms with Crippen LogP contribution >= 0.6 is 0 Å². The highest BCUT2D eigenvalue weighted by Crippen LogP contribution is 2.41. The predicted molar refractivity (Wildman–Crippen MR) is 66.9 cm³/mol. The number of rotatable bonds is 0. The van der Waals surface area contributed by atoms with Crippen LogP contribution < -0.4 is 0 Å². The lowest BCUT2D eigenvalue weighted by molar-refractivity contribution is 0.287. The van der Waals surface area contributed by atoms with E-state index in [0.29, 0.717) is 5.41 Å². The van der Waals surface area contributed by atoms with Gasteiger partial charge in [0.15, 0.2) is 0 Å². The van der Waals surface area contributed by atoms with Crippen molar-refractivity contribution in [3.05, 3.63) is 22.8 Å². The van der Waals surface area contributed by atoms with E-state index in [1.807, 2.05) is 0 Å². The lowest BCUT2D eigenvalue weighted by Gasteiger charge is -2.33. The molecule has 0 spiro atoms. The molecule has 0 aromatic heterocycles. The highest BCUT2D eigenvalue weighted by Gasteiger charge is 2.25. The van der Waals surface area contributed by atoms with Gasteiger partial charge in [0.1, 0.15) is 0 Å². The first kappa shape index (κ1) is 11.0. The summed E-state index contributed by atoms with van der Waals surface area (Å²) in [6.07, 6.45) is 11.9. The molecule has 2 rings (SSSR count). The Morgan fingerprint density at radius 3 is 2.47 bits per heavy atom. The monoisotopic (exact) mass is 204 g/mol. The minimum Gasteiger partial charge on any atom is -0.0815 e. The van der Waals surface area contributed by atoms with Gasteiger partial charge in [0.05, 0.1) is 0 Å². The summed E-state index contributed by atoms with van der Waals surface area (Å²) in [6.45, 7) is 7.12. The van der Waals surface area contributed by atoms with E-state index in [-0.39, 0.29) is 0 Å². The molecule has 0 aliphatic heterocycles. The molecule has 15 heavy (non-hydrogen) atoms. The van der Waals surface area contributed by atoms with Crippen LogP contribution in [-0.4, -0.2) is 0 Å². The van der Waals surface area contributed by atoms with Crippen molar-refractivity contribution in [3.8, 4) is 0 Å². The summed E-state index contributed by atoms with van der Waals surface area (Å²) in [7, 11) is 0. The second kappa shape index (κ2) is 4.15. The van der Waals surface area contributed by atoms with E-state index in [1.165, 1.54) is 44.9 Å². The van der Waals surface area contributed by atoms with Crippen molar-refractivity contribution in [2.45, 2.75) is 65.7 Å². The fraction of sp³-hybridized carbons (Fsp3) is 0.733. The molecule has 0 saturated heterocycles. The van der Waals surface area contributed by atoms with Gasteiger partial charge in [-0.05, 0) is 57.3 Å². The molecular formula is C15H24. The molecule has 0 heteroatoms. The van der Waals surface area contributed by atoms with Crippen molar-refractivity contribution in [3.63, 3.8) is 0 Å². The molecule has 0 nitrogen and oxygen atoms in total. The Bertz CT molecular complexity index is 302. The van der Waals surface area contributed by atoms with Gasteiger partial charge in [-0.15, -0.1) is 0 Å². The van der Waals surface area contributed by atoms with E-state index >= 15 is 0 Å². The maximum atomic E-state index is 2.44. The minimum atomic E-state index is 0.566. The van der Waals surface area contributed by atoms with Gasteiger partial charge in [-0.2, -0.15) is 0 Å². The Balaban J connectivity index is 2.12.